The maximum atomic E-state index is 13.6. The van der Waals surface area contributed by atoms with Gasteiger partial charge < -0.3 is 39.8 Å². The van der Waals surface area contributed by atoms with Crippen LogP contribution in [0.5, 0.6) is 11.5 Å². The number of nitrogens with zero attached hydrogens (tertiary/aromatic N) is 1. The van der Waals surface area contributed by atoms with E-state index in [1.54, 1.807) is 26.5 Å². The van der Waals surface area contributed by atoms with Gasteiger partial charge in [-0.15, -0.1) is 0 Å². The molecule has 1 aliphatic carbocycles. The summed E-state index contributed by atoms with van der Waals surface area (Å²) < 4.78 is 75.0. The number of ether oxygens (including phenoxy) is 2. The maximum absolute atomic E-state index is 13.6. The van der Waals surface area contributed by atoms with Gasteiger partial charge in [0.25, 0.3) is 0 Å². The molecule has 11 nitrogen and oxygen atoms in total. The third kappa shape index (κ3) is 8.53. The number of aliphatic carboxylic acids is 1. The topological polar surface area (TPSA) is 142 Å². The summed E-state index contributed by atoms with van der Waals surface area (Å²) in [5, 5.41) is 15.8. The summed E-state index contributed by atoms with van der Waals surface area (Å²) in [7, 11) is 3.19. The van der Waals surface area contributed by atoms with E-state index in [1.165, 1.54) is 6.07 Å². The molecule has 4 N–H and O–H groups in total. The maximum Gasteiger partial charge on any atom is 0.490 e. The summed E-state index contributed by atoms with van der Waals surface area (Å²) in [6.07, 6.45) is -0.787. The molecule has 48 heavy (non-hydrogen) atoms. The molecule has 16 heteroatoms. The number of methoxy groups -OCH3 is 2. The largest absolute Gasteiger partial charge is 0.493 e. The molecule has 3 unspecified atom stereocenters. The van der Waals surface area contributed by atoms with Crippen LogP contribution in [-0.2, 0) is 21.5 Å². The van der Waals surface area contributed by atoms with Crippen molar-refractivity contribution in [2.24, 2.45) is 0 Å². The van der Waals surface area contributed by atoms with Crippen molar-refractivity contribution in [3.63, 3.8) is 0 Å². The van der Waals surface area contributed by atoms with Gasteiger partial charge in [0.1, 0.15) is 5.76 Å². The lowest BCUT2D eigenvalue weighted by Gasteiger charge is -2.45. The van der Waals surface area contributed by atoms with Crippen LogP contribution in [0.4, 0.5) is 32.4 Å². The number of alkyl halides is 3. The molecule has 3 amide bonds. The SMILES string of the molecule is COc1ccc(C23CCC(NC(=O)Nc4ccc(F)c(F)c4)CC2N(C(=O)CNCc2ccco2)CC3)cc1OC.O=C(O)C(F)(F)F. The average Bonchev–Trinajstić information content (AvgIpc) is 3.71. The number of hydrogen-bond donors (Lipinski definition) is 4. The van der Waals surface area contributed by atoms with Crippen LogP contribution in [0.3, 0.4) is 0 Å². The summed E-state index contributed by atoms with van der Waals surface area (Å²) in [6, 6.07) is 11.8. The number of rotatable bonds is 9. The molecular weight excluding hydrogens is 647 g/mol. The van der Waals surface area contributed by atoms with Gasteiger partial charge in [-0.05, 0) is 67.6 Å². The number of carboxylic acids is 1. The number of nitrogens with one attached hydrogen (secondary N) is 3. The highest BCUT2D eigenvalue weighted by atomic mass is 19.4. The lowest BCUT2D eigenvalue weighted by Crippen LogP contribution is -2.55. The van der Waals surface area contributed by atoms with Gasteiger partial charge in [-0.2, -0.15) is 13.2 Å². The van der Waals surface area contributed by atoms with E-state index in [2.05, 4.69) is 16.0 Å². The summed E-state index contributed by atoms with van der Waals surface area (Å²) in [6.45, 7) is 1.16. The van der Waals surface area contributed by atoms with Crippen LogP contribution < -0.4 is 25.4 Å². The van der Waals surface area contributed by atoms with E-state index in [9.17, 15) is 31.5 Å². The number of hydrogen-bond acceptors (Lipinski definition) is 7. The number of amides is 3. The molecule has 1 aliphatic heterocycles. The number of furan rings is 1. The number of fused-ring (bicyclic) bond motifs is 1. The Bertz CT molecular complexity index is 1590. The Balaban J connectivity index is 0.000000671. The van der Waals surface area contributed by atoms with Gasteiger partial charge in [-0.1, -0.05) is 6.07 Å². The van der Waals surface area contributed by atoms with Crippen LogP contribution in [0.1, 0.15) is 37.0 Å². The van der Waals surface area contributed by atoms with E-state index in [0.717, 1.165) is 36.3 Å². The Morgan fingerprint density at radius 1 is 1.02 bits per heavy atom. The van der Waals surface area contributed by atoms with Crippen LogP contribution in [0, 0.1) is 11.6 Å². The zero-order chi connectivity index (χ0) is 35.1. The minimum Gasteiger partial charge on any atom is -0.493 e. The van der Waals surface area contributed by atoms with Crippen LogP contribution >= 0.6 is 0 Å². The molecule has 3 atom stereocenters. The Morgan fingerprint density at radius 3 is 2.38 bits per heavy atom. The molecule has 5 rings (SSSR count). The predicted octanol–water partition coefficient (Wildman–Crippen LogP) is 5.21. The molecule has 2 fully saturated rings. The minimum atomic E-state index is -5.08. The quantitative estimate of drug-likeness (QED) is 0.226. The second kappa shape index (κ2) is 15.4. The second-order valence-electron chi connectivity index (χ2n) is 11.3. The molecule has 1 saturated heterocycles. The van der Waals surface area contributed by atoms with Crippen molar-refractivity contribution in [1.29, 1.82) is 0 Å². The van der Waals surface area contributed by atoms with Gasteiger partial charge >= 0.3 is 18.2 Å². The molecule has 2 heterocycles. The molecule has 0 bridgehead atoms. The first-order valence-corrected chi connectivity index (χ1v) is 14.8. The normalized spacial score (nSPS) is 20.2. The predicted molar refractivity (Wildman–Crippen MR) is 162 cm³/mol. The number of benzene rings is 2. The molecule has 1 aromatic heterocycles. The highest BCUT2D eigenvalue weighted by molar-refractivity contribution is 5.89. The fourth-order valence-electron chi connectivity index (χ4n) is 6.19. The summed E-state index contributed by atoms with van der Waals surface area (Å²) in [4.78, 5) is 37.1. The monoisotopic (exact) mass is 682 g/mol. The molecule has 3 aromatic rings. The van der Waals surface area contributed by atoms with Gasteiger partial charge in [0.2, 0.25) is 5.91 Å². The number of halogens is 5. The first-order valence-electron chi connectivity index (χ1n) is 14.8. The third-order valence-corrected chi connectivity index (χ3v) is 8.45. The summed E-state index contributed by atoms with van der Waals surface area (Å²) >= 11 is 0. The van der Waals surface area contributed by atoms with E-state index in [-0.39, 0.29) is 35.6 Å². The Kier molecular flexibility index (Phi) is 11.5. The fourth-order valence-corrected chi connectivity index (χ4v) is 6.19. The summed E-state index contributed by atoms with van der Waals surface area (Å²) in [5.74, 6) is -2.83. The molecule has 0 spiro atoms. The van der Waals surface area contributed by atoms with E-state index >= 15 is 0 Å². The number of carbonyl (C=O) groups excluding carboxylic acids is 2. The van der Waals surface area contributed by atoms with Gasteiger partial charge in [0, 0.05) is 35.8 Å². The minimum absolute atomic E-state index is 0.0317. The number of likely N-dealkylation sites (tertiary alicyclic amines) is 1. The van der Waals surface area contributed by atoms with Crippen molar-refractivity contribution in [1.82, 2.24) is 15.5 Å². The molecule has 260 valence electrons. The average molecular weight is 683 g/mol. The van der Waals surface area contributed by atoms with Crippen molar-refractivity contribution >= 4 is 23.6 Å². The van der Waals surface area contributed by atoms with Crippen molar-refractivity contribution < 1.29 is 55.3 Å². The van der Waals surface area contributed by atoms with Crippen LogP contribution in [-0.4, -0.2) is 73.5 Å². The number of anilines is 1. The van der Waals surface area contributed by atoms with Crippen molar-refractivity contribution in [3.8, 4) is 11.5 Å². The van der Waals surface area contributed by atoms with Gasteiger partial charge in [0.15, 0.2) is 23.1 Å². The first kappa shape index (κ1) is 36.0. The van der Waals surface area contributed by atoms with Crippen molar-refractivity contribution in [2.75, 3.05) is 32.6 Å². The number of carboxylic acid groups (broad SMARTS) is 1. The highest BCUT2D eigenvalue weighted by Crippen LogP contribution is 2.50. The Labute approximate surface area is 272 Å². The van der Waals surface area contributed by atoms with Crippen molar-refractivity contribution in [2.45, 2.75) is 55.9 Å². The second-order valence-corrected chi connectivity index (χ2v) is 11.3. The Hall–Kier alpha value is -4.86. The van der Waals surface area contributed by atoms with Crippen molar-refractivity contribution in [3.05, 3.63) is 77.8 Å². The fraction of sp³-hybridized carbons (Fsp3) is 0.406. The lowest BCUT2D eigenvalue weighted by molar-refractivity contribution is -0.192. The summed E-state index contributed by atoms with van der Waals surface area (Å²) in [5.41, 5.74) is 0.881. The molecule has 1 saturated carbocycles. The standard InChI is InChI=1S/C30H34F2N4O5.C2HF3O2/c1-39-25-8-5-19(14-26(25)40-2)30-10-9-21(35-29(38)34-20-6-7-23(31)24(32)15-20)16-27(30)36(12-11-30)28(37)18-33-17-22-4-3-13-41-22;3-2(4,5)1(6)7/h3-8,13-15,21,27,33H,9-12,16-18H2,1-2H3,(H2,34,35,38);(H,6,7). The van der Waals surface area contributed by atoms with Crippen LogP contribution in [0.2, 0.25) is 0 Å². The van der Waals surface area contributed by atoms with E-state index < -0.39 is 29.8 Å². The van der Waals surface area contributed by atoms with Crippen LogP contribution in [0.25, 0.3) is 0 Å². The van der Waals surface area contributed by atoms with Gasteiger partial charge in [-0.25, -0.2) is 18.4 Å². The molecule has 2 aliphatic rings. The highest BCUT2D eigenvalue weighted by Gasteiger charge is 2.53. The Morgan fingerprint density at radius 2 is 1.75 bits per heavy atom. The zero-order valence-corrected chi connectivity index (χ0v) is 26.0. The molecular formula is C32H35F5N4O7. The lowest BCUT2D eigenvalue weighted by atomic mass is 9.65. The number of carbonyl (C=O) groups is 3. The van der Waals surface area contributed by atoms with E-state index in [4.69, 9.17) is 23.8 Å². The third-order valence-electron chi connectivity index (χ3n) is 8.45. The smallest absolute Gasteiger partial charge is 0.490 e. The molecule has 0 radical (unpaired) electrons. The number of urea groups is 1. The van der Waals surface area contributed by atoms with Gasteiger partial charge in [-0.3, -0.25) is 4.79 Å². The van der Waals surface area contributed by atoms with E-state index in [0.29, 0.717) is 37.4 Å². The van der Waals surface area contributed by atoms with Gasteiger partial charge in [0.05, 0.1) is 33.6 Å². The van der Waals surface area contributed by atoms with Crippen LogP contribution in [0.15, 0.2) is 59.2 Å². The van der Waals surface area contributed by atoms with E-state index in [1.807, 2.05) is 29.2 Å². The molecule has 2 aromatic carbocycles. The first-order chi connectivity index (χ1) is 22.8. The zero-order valence-electron chi connectivity index (χ0n) is 26.0.